The molecule has 2 bridgehead atoms. The van der Waals surface area contributed by atoms with Gasteiger partial charge in [-0.15, -0.1) is 11.3 Å². The highest BCUT2D eigenvalue weighted by Gasteiger charge is 2.40. The van der Waals surface area contributed by atoms with Gasteiger partial charge in [-0.25, -0.2) is 0 Å². The van der Waals surface area contributed by atoms with Crippen LogP contribution in [0.1, 0.15) is 43.0 Å². The number of rotatable bonds is 4. The topological polar surface area (TPSA) is 38.0 Å². The molecule has 3 N–H and O–H groups in total. The van der Waals surface area contributed by atoms with Crippen molar-refractivity contribution in [1.82, 2.24) is 5.43 Å². The normalized spacial score (nSPS) is 33.2. The smallest absolute Gasteiger partial charge is 0.0702 e. The Bertz CT molecular complexity index is 393. The molecule has 4 atom stereocenters. The van der Waals surface area contributed by atoms with E-state index in [2.05, 4.69) is 33.5 Å². The van der Waals surface area contributed by atoms with E-state index >= 15 is 0 Å². The Labute approximate surface area is 115 Å². The van der Waals surface area contributed by atoms with Crippen LogP contribution < -0.4 is 11.3 Å². The molecule has 0 aliphatic heterocycles. The van der Waals surface area contributed by atoms with Crippen molar-refractivity contribution in [1.29, 1.82) is 0 Å². The lowest BCUT2D eigenvalue weighted by molar-refractivity contribution is 0.281. The average molecular weight is 315 g/mol. The third-order valence-corrected chi connectivity index (χ3v) is 6.30. The molecule has 17 heavy (non-hydrogen) atoms. The highest BCUT2D eigenvalue weighted by molar-refractivity contribution is 9.11. The third-order valence-electron chi connectivity index (χ3n) is 4.56. The zero-order valence-corrected chi connectivity index (χ0v) is 12.3. The first-order valence-electron chi connectivity index (χ1n) is 6.47. The second kappa shape index (κ2) is 5.00. The van der Waals surface area contributed by atoms with E-state index in [9.17, 15) is 0 Å². The van der Waals surface area contributed by atoms with Gasteiger partial charge in [0.1, 0.15) is 0 Å². The molecule has 0 aromatic carbocycles. The summed E-state index contributed by atoms with van der Waals surface area (Å²) in [7, 11) is 0. The van der Waals surface area contributed by atoms with E-state index in [1.54, 1.807) is 11.3 Å². The summed E-state index contributed by atoms with van der Waals surface area (Å²) in [6.07, 6.45) is 7.07. The minimum absolute atomic E-state index is 0.343. The molecule has 4 unspecified atom stereocenters. The molecule has 4 heteroatoms. The van der Waals surface area contributed by atoms with E-state index < -0.39 is 0 Å². The maximum Gasteiger partial charge on any atom is 0.0702 e. The van der Waals surface area contributed by atoms with Crippen molar-refractivity contribution in [3.63, 3.8) is 0 Å². The fourth-order valence-corrected chi connectivity index (χ4v) is 5.25. The van der Waals surface area contributed by atoms with E-state index in [4.69, 9.17) is 5.84 Å². The molecular formula is C13H19BrN2S. The number of nitrogens with one attached hydrogen (secondary N) is 1. The Balaban J connectivity index is 1.66. The maximum atomic E-state index is 5.73. The molecule has 1 aromatic heterocycles. The van der Waals surface area contributed by atoms with E-state index in [0.717, 1.165) is 17.8 Å². The van der Waals surface area contributed by atoms with Crippen LogP contribution in [0.5, 0.6) is 0 Å². The minimum Gasteiger partial charge on any atom is -0.271 e. The van der Waals surface area contributed by atoms with E-state index in [-0.39, 0.29) is 0 Å². The van der Waals surface area contributed by atoms with Gasteiger partial charge < -0.3 is 0 Å². The van der Waals surface area contributed by atoms with Crippen LogP contribution >= 0.6 is 27.3 Å². The average Bonchev–Trinajstić information content (AvgIpc) is 3.01. The molecule has 2 saturated carbocycles. The lowest BCUT2D eigenvalue weighted by Gasteiger charge is -2.25. The van der Waals surface area contributed by atoms with Crippen molar-refractivity contribution in [3.8, 4) is 0 Å². The van der Waals surface area contributed by atoms with Crippen molar-refractivity contribution in [2.24, 2.45) is 23.6 Å². The monoisotopic (exact) mass is 314 g/mol. The number of nitrogens with two attached hydrogens (primary N) is 1. The molecule has 1 aromatic rings. The van der Waals surface area contributed by atoms with E-state index in [1.807, 2.05) is 0 Å². The van der Waals surface area contributed by atoms with Crippen LogP contribution in [0.4, 0.5) is 0 Å². The number of halogens is 1. The number of hydrogen-bond donors (Lipinski definition) is 2. The van der Waals surface area contributed by atoms with E-state index in [0.29, 0.717) is 6.04 Å². The van der Waals surface area contributed by atoms with Crippen molar-refractivity contribution >= 4 is 27.3 Å². The molecule has 2 fully saturated rings. The van der Waals surface area contributed by atoms with Crippen LogP contribution in [0.3, 0.4) is 0 Å². The Kier molecular flexibility index (Phi) is 3.57. The molecule has 0 amide bonds. The Hall–Kier alpha value is 0.1000. The highest BCUT2D eigenvalue weighted by atomic mass is 79.9. The number of hydrazine groups is 1. The minimum atomic E-state index is 0.343. The molecule has 3 rings (SSSR count). The SMILES string of the molecule is NNC(CC1CC2CCC1C2)c1ccc(Br)s1. The summed E-state index contributed by atoms with van der Waals surface area (Å²) in [5.41, 5.74) is 3.01. The summed E-state index contributed by atoms with van der Waals surface area (Å²) >= 11 is 5.32. The second-order valence-corrected chi connectivity index (χ2v) is 8.03. The lowest BCUT2D eigenvalue weighted by atomic mass is 9.84. The Morgan fingerprint density at radius 1 is 1.41 bits per heavy atom. The van der Waals surface area contributed by atoms with Gasteiger partial charge in [0.2, 0.25) is 0 Å². The standard InChI is InChI=1S/C13H19BrN2S/c14-13-4-3-12(17-13)11(16-15)7-10-6-8-1-2-9(10)5-8/h3-4,8-11,16H,1-2,5-7,15H2. The summed E-state index contributed by atoms with van der Waals surface area (Å²) in [6, 6.07) is 4.65. The zero-order valence-electron chi connectivity index (χ0n) is 9.86. The van der Waals surface area contributed by atoms with Gasteiger partial charge in [-0.1, -0.05) is 6.42 Å². The summed E-state index contributed by atoms with van der Waals surface area (Å²) in [4.78, 5) is 1.36. The van der Waals surface area contributed by atoms with Gasteiger partial charge >= 0.3 is 0 Å². The van der Waals surface area contributed by atoms with Crippen molar-refractivity contribution in [3.05, 3.63) is 20.8 Å². The van der Waals surface area contributed by atoms with E-state index in [1.165, 1.54) is 40.8 Å². The quantitative estimate of drug-likeness (QED) is 0.654. The van der Waals surface area contributed by atoms with Crippen LogP contribution in [-0.2, 0) is 0 Å². The summed E-state index contributed by atoms with van der Waals surface area (Å²) in [5, 5.41) is 0. The molecule has 2 nitrogen and oxygen atoms in total. The molecular weight excluding hydrogens is 296 g/mol. The van der Waals surface area contributed by atoms with Crippen LogP contribution in [0, 0.1) is 17.8 Å². The number of thiophene rings is 1. The van der Waals surface area contributed by atoms with Gasteiger partial charge in [0.25, 0.3) is 0 Å². The number of fused-ring (bicyclic) bond motifs is 2. The third kappa shape index (κ3) is 2.46. The summed E-state index contributed by atoms with van der Waals surface area (Å²) < 4.78 is 1.20. The molecule has 2 aliphatic carbocycles. The van der Waals surface area contributed by atoms with Gasteiger partial charge in [0, 0.05) is 4.88 Å². The Morgan fingerprint density at radius 2 is 2.29 bits per heavy atom. The van der Waals surface area contributed by atoms with Crippen molar-refractivity contribution < 1.29 is 0 Å². The fraction of sp³-hybridized carbons (Fsp3) is 0.692. The largest absolute Gasteiger partial charge is 0.271 e. The van der Waals surface area contributed by atoms with Crippen molar-refractivity contribution in [2.75, 3.05) is 0 Å². The van der Waals surface area contributed by atoms with Crippen LogP contribution in [-0.4, -0.2) is 0 Å². The molecule has 2 aliphatic rings. The fourth-order valence-electron chi connectivity index (χ4n) is 3.75. The van der Waals surface area contributed by atoms with Crippen LogP contribution in [0.2, 0.25) is 0 Å². The van der Waals surface area contributed by atoms with Gasteiger partial charge in [-0.05, 0) is 71.5 Å². The predicted molar refractivity (Wildman–Crippen MR) is 75.6 cm³/mol. The van der Waals surface area contributed by atoms with Gasteiger partial charge in [0.05, 0.1) is 9.83 Å². The second-order valence-electron chi connectivity index (χ2n) is 5.53. The van der Waals surface area contributed by atoms with Crippen molar-refractivity contribution in [2.45, 2.75) is 38.1 Å². The zero-order chi connectivity index (χ0) is 11.8. The van der Waals surface area contributed by atoms with Gasteiger partial charge in [0.15, 0.2) is 0 Å². The van der Waals surface area contributed by atoms with Crippen LogP contribution in [0.15, 0.2) is 15.9 Å². The molecule has 0 saturated heterocycles. The predicted octanol–water partition coefficient (Wildman–Crippen LogP) is 3.84. The highest BCUT2D eigenvalue weighted by Crippen LogP contribution is 2.51. The molecule has 0 radical (unpaired) electrons. The van der Waals surface area contributed by atoms with Crippen LogP contribution in [0.25, 0.3) is 0 Å². The molecule has 1 heterocycles. The summed E-state index contributed by atoms with van der Waals surface area (Å²) in [5.74, 6) is 8.64. The first kappa shape index (κ1) is 12.2. The maximum absolute atomic E-state index is 5.73. The molecule has 94 valence electrons. The summed E-state index contributed by atoms with van der Waals surface area (Å²) in [6.45, 7) is 0. The first-order valence-corrected chi connectivity index (χ1v) is 8.08. The van der Waals surface area contributed by atoms with Gasteiger partial charge in [-0.2, -0.15) is 0 Å². The molecule has 0 spiro atoms. The number of hydrogen-bond acceptors (Lipinski definition) is 3. The first-order chi connectivity index (χ1) is 8.26. The lowest BCUT2D eigenvalue weighted by Crippen LogP contribution is -2.30. The Morgan fingerprint density at radius 3 is 2.82 bits per heavy atom. The van der Waals surface area contributed by atoms with Gasteiger partial charge in [-0.3, -0.25) is 11.3 Å².